The van der Waals surface area contributed by atoms with Gasteiger partial charge in [-0.05, 0) is 55.5 Å². The molecule has 0 saturated heterocycles. The minimum absolute atomic E-state index is 0.00770. The van der Waals surface area contributed by atoms with Crippen LogP contribution in [0.1, 0.15) is 26.2 Å². The van der Waals surface area contributed by atoms with E-state index in [2.05, 4.69) is 6.92 Å². The van der Waals surface area contributed by atoms with E-state index in [0.717, 1.165) is 12.8 Å². The molecule has 3 N–H and O–H groups in total. The van der Waals surface area contributed by atoms with Crippen molar-refractivity contribution in [3.63, 3.8) is 0 Å². The molecule has 0 saturated carbocycles. The number of hydrogen-bond donors (Lipinski definition) is 2. The zero-order valence-electron chi connectivity index (χ0n) is 11.7. The Morgan fingerprint density at radius 2 is 2.05 bits per heavy atom. The second kappa shape index (κ2) is 8.53. The molecular formula is C15H22FNO3. The van der Waals surface area contributed by atoms with Crippen LogP contribution >= 0.6 is 0 Å². The molecule has 0 aromatic heterocycles. The quantitative estimate of drug-likeness (QED) is 0.731. The molecule has 0 radical (unpaired) electrons. The van der Waals surface area contributed by atoms with Crippen molar-refractivity contribution in [1.82, 2.24) is 0 Å². The van der Waals surface area contributed by atoms with Crippen LogP contribution in [-0.2, 0) is 4.79 Å². The number of ether oxygens (including phenoxy) is 1. The normalized spacial score (nSPS) is 13.8. The lowest BCUT2D eigenvalue weighted by molar-refractivity contribution is -0.138. The summed E-state index contributed by atoms with van der Waals surface area (Å²) in [5.74, 6) is -0.114. The van der Waals surface area contributed by atoms with Crippen LogP contribution in [0.15, 0.2) is 24.3 Å². The number of benzene rings is 1. The minimum Gasteiger partial charge on any atom is -0.494 e. The van der Waals surface area contributed by atoms with Gasteiger partial charge in [0.15, 0.2) is 0 Å². The van der Waals surface area contributed by atoms with E-state index in [9.17, 15) is 9.18 Å². The van der Waals surface area contributed by atoms with Crippen LogP contribution in [-0.4, -0.2) is 24.2 Å². The molecule has 1 aromatic carbocycles. The van der Waals surface area contributed by atoms with Crippen LogP contribution in [0, 0.1) is 17.7 Å². The van der Waals surface area contributed by atoms with Crippen LogP contribution in [0.5, 0.6) is 5.75 Å². The molecular weight excluding hydrogens is 261 g/mol. The van der Waals surface area contributed by atoms with Crippen molar-refractivity contribution < 1.29 is 19.0 Å². The summed E-state index contributed by atoms with van der Waals surface area (Å²) in [4.78, 5) is 10.7. The largest absolute Gasteiger partial charge is 0.494 e. The number of carboxylic acid groups (broad SMARTS) is 1. The Balaban J connectivity index is 2.26. The van der Waals surface area contributed by atoms with E-state index < -0.39 is 5.97 Å². The first kappa shape index (κ1) is 16.4. The molecule has 4 nitrogen and oxygen atoms in total. The molecule has 0 amide bonds. The molecule has 0 aliphatic carbocycles. The topological polar surface area (TPSA) is 72.5 Å². The van der Waals surface area contributed by atoms with Gasteiger partial charge in [-0.3, -0.25) is 4.79 Å². The lowest BCUT2D eigenvalue weighted by Gasteiger charge is -2.18. The van der Waals surface area contributed by atoms with Gasteiger partial charge in [0.1, 0.15) is 11.6 Å². The third-order valence-electron chi connectivity index (χ3n) is 3.23. The summed E-state index contributed by atoms with van der Waals surface area (Å²) in [6.45, 7) is 2.96. The molecule has 0 aliphatic heterocycles. The summed E-state index contributed by atoms with van der Waals surface area (Å²) in [7, 11) is 0. The second-order valence-electron chi connectivity index (χ2n) is 5.13. The van der Waals surface area contributed by atoms with E-state index in [1.54, 1.807) is 12.1 Å². The van der Waals surface area contributed by atoms with Gasteiger partial charge in [-0.15, -0.1) is 0 Å². The Labute approximate surface area is 118 Å². The zero-order chi connectivity index (χ0) is 15.0. The third-order valence-corrected chi connectivity index (χ3v) is 3.23. The molecule has 0 fully saturated rings. The lowest BCUT2D eigenvalue weighted by atomic mass is 9.91. The number of carboxylic acids is 1. The fourth-order valence-electron chi connectivity index (χ4n) is 2.11. The maximum atomic E-state index is 12.7. The second-order valence-corrected chi connectivity index (χ2v) is 5.13. The smallest absolute Gasteiger partial charge is 0.303 e. The molecule has 0 spiro atoms. The first-order valence-corrected chi connectivity index (χ1v) is 6.81. The third kappa shape index (κ3) is 6.52. The van der Waals surface area contributed by atoms with Crippen LogP contribution in [0.4, 0.5) is 4.39 Å². The van der Waals surface area contributed by atoms with Crippen molar-refractivity contribution in [2.75, 3.05) is 13.2 Å². The lowest BCUT2D eigenvalue weighted by Crippen LogP contribution is -2.21. The summed E-state index contributed by atoms with van der Waals surface area (Å²) in [6, 6.07) is 5.90. The fourth-order valence-corrected chi connectivity index (χ4v) is 2.11. The van der Waals surface area contributed by atoms with E-state index in [1.165, 1.54) is 12.1 Å². The molecule has 1 rings (SSSR count). The average molecular weight is 283 g/mol. The van der Waals surface area contributed by atoms with Crippen molar-refractivity contribution in [2.45, 2.75) is 26.2 Å². The van der Waals surface area contributed by atoms with Gasteiger partial charge >= 0.3 is 5.97 Å². The van der Waals surface area contributed by atoms with E-state index in [0.29, 0.717) is 24.8 Å². The van der Waals surface area contributed by atoms with Gasteiger partial charge in [-0.25, -0.2) is 4.39 Å². The zero-order valence-corrected chi connectivity index (χ0v) is 11.7. The van der Waals surface area contributed by atoms with E-state index in [1.807, 2.05) is 0 Å². The van der Waals surface area contributed by atoms with Gasteiger partial charge in [-0.1, -0.05) is 6.92 Å². The van der Waals surface area contributed by atoms with Crippen molar-refractivity contribution in [3.05, 3.63) is 30.1 Å². The summed E-state index contributed by atoms with van der Waals surface area (Å²) < 4.78 is 18.2. The Morgan fingerprint density at radius 1 is 1.40 bits per heavy atom. The molecule has 5 heteroatoms. The Hall–Kier alpha value is -1.62. The summed E-state index contributed by atoms with van der Waals surface area (Å²) in [5, 5.41) is 8.76. The van der Waals surface area contributed by atoms with Crippen LogP contribution < -0.4 is 10.5 Å². The molecule has 112 valence electrons. The van der Waals surface area contributed by atoms with Gasteiger partial charge < -0.3 is 15.6 Å². The summed E-state index contributed by atoms with van der Waals surface area (Å²) in [6.07, 6.45) is 1.70. The highest BCUT2D eigenvalue weighted by atomic mass is 19.1. The predicted molar refractivity (Wildman–Crippen MR) is 75.1 cm³/mol. The van der Waals surface area contributed by atoms with Gasteiger partial charge in [0.05, 0.1) is 6.61 Å². The standard InChI is InChI=1S/C15H22FNO3/c1-11(8-12(10-17)9-15(18)19)6-7-20-14-4-2-13(16)3-5-14/h2-5,11-12H,6-10,17H2,1H3,(H,18,19). The number of hydrogen-bond acceptors (Lipinski definition) is 3. The number of aliphatic carboxylic acids is 1. The number of halogens is 1. The Morgan fingerprint density at radius 3 is 2.60 bits per heavy atom. The first-order valence-electron chi connectivity index (χ1n) is 6.81. The van der Waals surface area contributed by atoms with Crippen LogP contribution in [0.25, 0.3) is 0 Å². The van der Waals surface area contributed by atoms with E-state index >= 15 is 0 Å². The first-order chi connectivity index (χ1) is 9.51. The van der Waals surface area contributed by atoms with Crippen molar-refractivity contribution >= 4 is 5.97 Å². The molecule has 0 bridgehead atoms. The van der Waals surface area contributed by atoms with E-state index in [-0.39, 0.29) is 18.2 Å². The molecule has 1 aromatic rings. The summed E-state index contributed by atoms with van der Waals surface area (Å²) >= 11 is 0. The average Bonchev–Trinajstić information content (AvgIpc) is 2.39. The Bertz CT molecular complexity index is 408. The van der Waals surface area contributed by atoms with Gasteiger partial charge in [0.25, 0.3) is 0 Å². The number of rotatable bonds is 9. The molecule has 20 heavy (non-hydrogen) atoms. The number of nitrogens with two attached hydrogens (primary N) is 1. The van der Waals surface area contributed by atoms with Crippen molar-refractivity contribution in [3.8, 4) is 5.75 Å². The minimum atomic E-state index is -0.810. The van der Waals surface area contributed by atoms with Gasteiger partial charge in [0, 0.05) is 6.42 Å². The van der Waals surface area contributed by atoms with Gasteiger partial charge in [0.2, 0.25) is 0 Å². The van der Waals surface area contributed by atoms with E-state index in [4.69, 9.17) is 15.6 Å². The number of carbonyl (C=O) groups is 1. The Kier molecular flexibility index (Phi) is 7.01. The van der Waals surface area contributed by atoms with Crippen LogP contribution in [0.2, 0.25) is 0 Å². The molecule has 0 aliphatic rings. The monoisotopic (exact) mass is 283 g/mol. The molecule has 2 unspecified atom stereocenters. The SMILES string of the molecule is CC(CCOc1ccc(F)cc1)CC(CN)CC(=O)O. The van der Waals surface area contributed by atoms with Crippen LogP contribution in [0.3, 0.4) is 0 Å². The highest BCUT2D eigenvalue weighted by molar-refractivity contribution is 5.67. The maximum Gasteiger partial charge on any atom is 0.303 e. The molecule has 2 atom stereocenters. The van der Waals surface area contributed by atoms with Crippen molar-refractivity contribution in [2.24, 2.45) is 17.6 Å². The maximum absolute atomic E-state index is 12.7. The predicted octanol–water partition coefficient (Wildman–Crippen LogP) is 2.67. The highest BCUT2D eigenvalue weighted by Crippen LogP contribution is 2.19. The summed E-state index contributed by atoms with van der Waals surface area (Å²) in [5.41, 5.74) is 5.57. The highest BCUT2D eigenvalue weighted by Gasteiger charge is 2.15. The van der Waals surface area contributed by atoms with Gasteiger partial charge in [-0.2, -0.15) is 0 Å². The van der Waals surface area contributed by atoms with Crippen molar-refractivity contribution in [1.29, 1.82) is 0 Å². The fraction of sp³-hybridized carbons (Fsp3) is 0.533. The molecule has 0 heterocycles.